The van der Waals surface area contributed by atoms with Gasteiger partial charge in [-0.25, -0.2) is 0 Å². The van der Waals surface area contributed by atoms with Crippen molar-refractivity contribution < 1.29 is 4.79 Å². The van der Waals surface area contributed by atoms with E-state index >= 15 is 0 Å². The van der Waals surface area contributed by atoms with Crippen LogP contribution in [0.2, 0.25) is 0 Å². The lowest BCUT2D eigenvalue weighted by Crippen LogP contribution is -2.48. The van der Waals surface area contributed by atoms with Gasteiger partial charge in [0, 0.05) is 25.0 Å². The van der Waals surface area contributed by atoms with Gasteiger partial charge in [0.1, 0.15) is 0 Å². The molecule has 1 rings (SSSR count). The van der Waals surface area contributed by atoms with Crippen LogP contribution in [-0.4, -0.2) is 24.5 Å². The zero-order valence-electron chi connectivity index (χ0n) is 10.2. The molecule has 0 spiro atoms. The maximum atomic E-state index is 11.0. The molecule has 1 fully saturated rings. The van der Waals surface area contributed by atoms with Crippen LogP contribution in [0.15, 0.2) is 0 Å². The molecule has 0 aromatic carbocycles. The topological polar surface area (TPSA) is 41.1 Å². The number of rotatable bonds is 5. The number of amides is 1. The van der Waals surface area contributed by atoms with Gasteiger partial charge in [0.05, 0.1) is 0 Å². The Morgan fingerprint density at radius 3 is 2.67 bits per heavy atom. The maximum absolute atomic E-state index is 11.0. The number of hydrogen-bond acceptors (Lipinski definition) is 2. The van der Waals surface area contributed by atoms with E-state index in [4.69, 9.17) is 0 Å². The van der Waals surface area contributed by atoms with Crippen molar-refractivity contribution in [2.45, 2.75) is 58.5 Å². The summed E-state index contributed by atoms with van der Waals surface area (Å²) in [6, 6.07) is 1.04. The van der Waals surface area contributed by atoms with Crippen molar-refractivity contribution >= 4 is 5.91 Å². The minimum absolute atomic E-state index is 0.197. The predicted molar refractivity (Wildman–Crippen MR) is 62.7 cm³/mol. The van der Waals surface area contributed by atoms with Crippen molar-refractivity contribution in [2.24, 2.45) is 5.92 Å². The quantitative estimate of drug-likeness (QED) is 0.728. The zero-order chi connectivity index (χ0) is 11.3. The average molecular weight is 212 g/mol. The average Bonchev–Trinajstić information content (AvgIpc) is 2.19. The van der Waals surface area contributed by atoms with Gasteiger partial charge in [-0.3, -0.25) is 4.79 Å². The Kier molecular flexibility index (Phi) is 5.09. The molecule has 3 nitrogen and oxygen atoms in total. The summed E-state index contributed by atoms with van der Waals surface area (Å²) in [4.78, 5) is 11.0. The predicted octanol–water partition coefficient (Wildman–Crippen LogP) is 1.68. The molecule has 0 saturated carbocycles. The van der Waals surface area contributed by atoms with E-state index in [1.807, 2.05) is 0 Å². The highest BCUT2D eigenvalue weighted by atomic mass is 16.1. The highest BCUT2D eigenvalue weighted by Gasteiger charge is 2.18. The summed E-state index contributed by atoms with van der Waals surface area (Å²) in [5, 5.41) is 6.48. The van der Waals surface area contributed by atoms with Crippen LogP contribution >= 0.6 is 0 Å². The summed E-state index contributed by atoms with van der Waals surface area (Å²) >= 11 is 0. The molecule has 2 atom stereocenters. The highest BCUT2D eigenvalue weighted by molar-refractivity contribution is 5.76. The minimum atomic E-state index is 0.197. The van der Waals surface area contributed by atoms with Crippen molar-refractivity contribution in [3.63, 3.8) is 0 Å². The van der Waals surface area contributed by atoms with Crippen LogP contribution in [0.3, 0.4) is 0 Å². The lowest BCUT2D eigenvalue weighted by molar-refractivity contribution is -0.122. The van der Waals surface area contributed by atoms with Crippen LogP contribution in [-0.2, 0) is 4.79 Å². The Hall–Kier alpha value is -0.570. The van der Waals surface area contributed by atoms with Crippen molar-refractivity contribution in [1.29, 1.82) is 0 Å². The van der Waals surface area contributed by atoms with E-state index < -0.39 is 0 Å². The first-order valence-electron chi connectivity index (χ1n) is 6.10. The number of piperidine rings is 1. The summed E-state index contributed by atoms with van der Waals surface area (Å²) in [5.41, 5.74) is 0. The van der Waals surface area contributed by atoms with E-state index in [0.717, 1.165) is 18.9 Å². The van der Waals surface area contributed by atoms with Gasteiger partial charge in [0.15, 0.2) is 0 Å². The van der Waals surface area contributed by atoms with Crippen molar-refractivity contribution in [1.82, 2.24) is 10.6 Å². The van der Waals surface area contributed by atoms with Crippen LogP contribution in [0.25, 0.3) is 0 Å². The van der Waals surface area contributed by atoms with E-state index in [-0.39, 0.29) is 5.91 Å². The molecule has 1 aliphatic heterocycles. The minimum Gasteiger partial charge on any atom is -0.355 e. The van der Waals surface area contributed by atoms with Gasteiger partial charge in [-0.15, -0.1) is 0 Å². The van der Waals surface area contributed by atoms with Gasteiger partial charge < -0.3 is 10.6 Å². The van der Waals surface area contributed by atoms with Crippen molar-refractivity contribution in [2.75, 3.05) is 6.54 Å². The van der Waals surface area contributed by atoms with E-state index in [0.29, 0.717) is 18.5 Å². The second-order valence-electron chi connectivity index (χ2n) is 5.08. The maximum Gasteiger partial charge on any atom is 0.220 e. The lowest BCUT2D eigenvalue weighted by Gasteiger charge is -2.27. The summed E-state index contributed by atoms with van der Waals surface area (Å²) in [6.07, 6.45) is 4.15. The van der Waals surface area contributed by atoms with Gasteiger partial charge >= 0.3 is 0 Å². The second kappa shape index (κ2) is 6.11. The van der Waals surface area contributed by atoms with Crippen LogP contribution < -0.4 is 10.6 Å². The molecule has 2 unspecified atom stereocenters. The molecule has 0 aromatic rings. The number of carbonyl (C=O) groups is 1. The molecular formula is C12H24N2O. The molecule has 88 valence electrons. The first-order valence-corrected chi connectivity index (χ1v) is 6.10. The van der Waals surface area contributed by atoms with Crippen LogP contribution in [0.5, 0.6) is 0 Å². The second-order valence-corrected chi connectivity index (χ2v) is 5.08. The molecule has 1 amide bonds. The Bertz CT molecular complexity index is 194. The molecule has 0 bridgehead atoms. The summed E-state index contributed by atoms with van der Waals surface area (Å²) < 4.78 is 0. The largest absolute Gasteiger partial charge is 0.355 e. The fraction of sp³-hybridized carbons (Fsp3) is 0.917. The first kappa shape index (κ1) is 12.5. The van der Waals surface area contributed by atoms with Gasteiger partial charge in [-0.05, 0) is 32.1 Å². The first-order chi connectivity index (χ1) is 7.08. The molecule has 0 radical (unpaired) electrons. The van der Waals surface area contributed by atoms with Crippen LogP contribution in [0, 0.1) is 5.92 Å². The van der Waals surface area contributed by atoms with Gasteiger partial charge in [-0.2, -0.15) is 0 Å². The molecule has 15 heavy (non-hydrogen) atoms. The number of carbonyl (C=O) groups excluding carboxylic acids is 1. The summed E-state index contributed by atoms with van der Waals surface area (Å²) in [5.74, 6) is 0.975. The fourth-order valence-electron chi connectivity index (χ4n) is 1.94. The monoisotopic (exact) mass is 212 g/mol. The number of nitrogens with one attached hydrogen (secondary N) is 2. The lowest BCUT2D eigenvalue weighted by atomic mass is 10.0. The molecule has 1 saturated heterocycles. The number of hydrogen-bond donors (Lipinski definition) is 2. The summed E-state index contributed by atoms with van der Waals surface area (Å²) in [6.45, 7) is 7.55. The molecule has 0 aromatic heterocycles. The Balaban J connectivity index is 2.14. The standard InChI is InChI=1S/C12H24N2O/c1-9(2)4-5-10(3)14-11-6-7-12(15)13-8-11/h9-11,14H,4-8H2,1-3H3,(H,13,15). The van der Waals surface area contributed by atoms with E-state index in [1.165, 1.54) is 12.8 Å². The highest BCUT2D eigenvalue weighted by Crippen LogP contribution is 2.09. The molecule has 2 N–H and O–H groups in total. The SMILES string of the molecule is CC(C)CCC(C)NC1CCC(=O)NC1. The summed E-state index contributed by atoms with van der Waals surface area (Å²) in [7, 11) is 0. The van der Waals surface area contributed by atoms with Crippen molar-refractivity contribution in [3.05, 3.63) is 0 Å². The molecule has 0 aliphatic carbocycles. The Labute approximate surface area is 93.0 Å². The van der Waals surface area contributed by atoms with Gasteiger partial charge in [0.25, 0.3) is 0 Å². The normalized spacial score (nSPS) is 24.0. The smallest absolute Gasteiger partial charge is 0.220 e. The molecule has 1 heterocycles. The van der Waals surface area contributed by atoms with Crippen molar-refractivity contribution in [3.8, 4) is 0 Å². The van der Waals surface area contributed by atoms with Crippen LogP contribution in [0.1, 0.15) is 46.5 Å². The van der Waals surface area contributed by atoms with Crippen LogP contribution in [0.4, 0.5) is 0 Å². The third-order valence-electron chi connectivity index (χ3n) is 2.96. The molecule has 1 aliphatic rings. The Morgan fingerprint density at radius 1 is 1.40 bits per heavy atom. The van der Waals surface area contributed by atoms with Gasteiger partial charge in [-0.1, -0.05) is 13.8 Å². The van der Waals surface area contributed by atoms with E-state index in [1.54, 1.807) is 0 Å². The molecule has 3 heteroatoms. The molecular weight excluding hydrogens is 188 g/mol. The third kappa shape index (κ3) is 5.17. The van der Waals surface area contributed by atoms with E-state index in [2.05, 4.69) is 31.4 Å². The Morgan fingerprint density at radius 2 is 2.13 bits per heavy atom. The zero-order valence-corrected chi connectivity index (χ0v) is 10.2. The third-order valence-corrected chi connectivity index (χ3v) is 2.96. The fourth-order valence-corrected chi connectivity index (χ4v) is 1.94. The van der Waals surface area contributed by atoms with E-state index in [9.17, 15) is 4.79 Å². The van der Waals surface area contributed by atoms with Gasteiger partial charge in [0.2, 0.25) is 5.91 Å².